The van der Waals surface area contributed by atoms with Crippen LogP contribution in [0.15, 0.2) is 18.2 Å². The standard InChI is InChI=1S/C13H12Cl2N2O2/c14-9-5-4-8(7-10(9)15)17-12(18)11-3-1-2-6-16(11)13(17)19/h4-5,7,11H,1-3,6H2/t11-/m0/s1. The van der Waals surface area contributed by atoms with Gasteiger partial charge in [0.1, 0.15) is 6.04 Å². The number of imide groups is 1. The van der Waals surface area contributed by atoms with Crippen LogP contribution < -0.4 is 4.90 Å². The fraction of sp³-hybridized carbons (Fsp3) is 0.385. The molecule has 1 aromatic rings. The Hall–Kier alpha value is -1.26. The van der Waals surface area contributed by atoms with Gasteiger partial charge in [0.05, 0.1) is 15.7 Å². The van der Waals surface area contributed by atoms with Crippen LogP contribution in [0.25, 0.3) is 0 Å². The van der Waals surface area contributed by atoms with Crippen LogP contribution in [0.4, 0.5) is 10.5 Å². The van der Waals surface area contributed by atoms with Gasteiger partial charge < -0.3 is 4.90 Å². The zero-order chi connectivity index (χ0) is 13.6. The van der Waals surface area contributed by atoms with Crippen LogP contribution in [0.3, 0.4) is 0 Å². The van der Waals surface area contributed by atoms with Gasteiger partial charge in [-0.1, -0.05) is 23.2 Å². The predicted molar refractivity (Wildman–Crippen MR) is 73.7 cm³/mol. The largest absolute Gasteiger partial charge is 0.332 e. The molecule has 3 amide bonds. The summed E-state index contributed by atoms with van der Waals surface area (Å²) >= 11 is 11.8. The van der Waals surface area contributed by atoms with E-state index in [-0.39, 0.29) is 18.0 Å². The SMILES string of the molecule is O=C1[C@@H]2CCCCN2C(=O)N1c1ccc(Cl)c(Cl)c1. The van der Waals surface area contributed by atoms with Crippen molar-refractivity contribution in [1.29, 1.82) is 0 Å². The molecule has 4 nitrogen and oxygen atoms in total. The monoisotopic (exact) mass is 298 g/mol. The Bertz CT molecular complexity index is 538. The third-order valence-electron chi connectivity index (χ3n) is 3.61. The second-order valence-electron chi connectivity index (χ2n) is 4.76. The highest BCUT2D eigenvalue weighted by Gasteiger charge is 2.46. The van der Waals surface area contributed by atoms with E-state index in [1.807, 2.05) is 0 Å². The Kier molecular flexibility index (Phi) is 3.15. The van der Waals surface area contributed by atoms with Crippen molar-refractivity contribution in [3.63, 3.8) is 0 Å². The van der Waals surface area contributed by atoms with Crippen LogP contribution in [-0.2, 0) is 4.79 Å². The molecule has 19 heavy (non-hydrogen) atoms. The number of rotatable bonds is 1. The third kappa shape index (κ3) is 1.99. The molecule has 2 aliphatic heterocycles. The van der Waals surface area contributed by atoms with Crippen LogP contribution in [-0.4, -0.2) is 29.4 Å². The van der Waals surface area contributed by atoms with E-state index in [9.17, 15) is 9.59 Å². The minimum absolute atomic E-state index is 0.164. The van der Waals surface area contributed by atoms with Crippen LogP contribution in [0, 0.1) is 0 Å². The number of carbonyl (C=O) groups excluding carboxylic acids is 2. The number of benzene rings is 1. The molecular weight excluding hydrogens is 287 g/mol. The van der Waals surface area contributed by atoms with Gasteiger partial charge in [0.2, 0.25) is 0 Å². The summed E-state index contributed by atoms with van der Waals surface area (Å²) in [6.45, 7) is 0.646. The number of piperidine rings is 1. The fourth-order valence-corrected chi connectivity index (χ4v) is 2.94. The molecule has 0 saturated carbocycles. The van der Waals surface area contributed by atoms with Crippen LogP contribution in [0.1, 0.15) is 19.3 Å². The fourth-order valence-electron chi connectivity index (χ4n) is 2.65. The van der Waals surface area contributed by atoms with Crippen molar-refractivity contribution in [2.24, 2.45) is 0 Å². The number of urea groups is 1. The number of anilines is 1. The second-order valence-corrected chi connectivity index (χ2v) is 5.57. The van der Waals surface area contributed by atoms with E-state index in [2.05, 4.69) is 0 Å². The normalized spacial score (nSPS) is 22.9. The average molecular weight is 299 g/mol. The van der Waals surface area contributed by atoms with Gasteiger partial charge in [0.15, 0.2) is 0 Å². The van der Waals surface area contributed by atoms with Crippen molar-refractivity contribution in [1.82, 2.24) is 4.90 Å². The first-order valence-corrected chi connectivity index (χ1v) is 6.95. The summed E-state index contributed by atoms with van der Waals surface area (Å²) in [5.41, 5.74) is 0.485. The molecule has 6 heteroatoms. The molecule has 1 aromatic carbocycles. The first-order chi connectivity index (χ1) is 9.09. The Balaban J connectivity index is 1.98. The van der Waals surface area contributed by atoms with Crippen molar-refractivity contribution in [2.45, 2.75) is 25.3 Å². The van der Waals surface area contributed by atoms with Gasteiger partial charge in [-0.15, -0.1) is 0 Å². The van der Waals surface area contributed by atoms with Crippen LogP contribution in [0.5, 0.6) is 0 Å². The topological polar surface area (TPSA) is 40.6 Å². The number of halogens is 2. The van der Waals surface area contributed by atoms with Crippen molar-refractivity contribution < 1.29 is 9.59 Å². The molecule has 0 bridgehead atoms. The second kappa shape index (κ2) is 4.69. The highest BCUT2D eigenvalue weighted by Crippen LogP contribution is 2.33. The van der Waals surface area contributed by atoms with Gasteiger partial charge in [-0.05, 0) is 37.5 Å². The van der Waals surface area contributed by atoms with Gasteiger partial charge in [0.25, 0.3) is 5.91 Å². The Morgan fingerprint density at radius 3 is 2.58 bits per heavy atom. The molecule has 0 spiro atoms. The molecule has 2 heterocycles. The highest BCUT2D eigenvalue weighted by atomic mass is 35.5. The van der Waals surface area contributed by atoms with Crippen molar-refractivity contribution in [3.05, 3.63) is 28.2 Å². The molecule has 100 valence electrons. The lowest BCUT2D eigenvalue weighted by Crippen LogP contribution is -2.39. The number of fused-ring (bicyclic) bond motifs is 1. The average Bonchev–Trinajstić information content (AvgIpc) is 2.66. The summed E-state index contributed by atoms with van der Waals surface area (Å²) in [5, 5.41) is 0.742. The summed E-state index contributed by atoms with van der Waals surface area (Å²) in [7, 11) is 0. The maximum atomic E-state index is 12.3. The first-order valence-electron chi connectivity index (χ1n) is 6.19. The summed E-state index contributed by atoms with van der Waals surface area (Å²) in [6.07, 6.45) is 2.67. The van der Waals surface area contributed by atoms with Gasteiger partial charge in [0, 0.05) is 6.54 Å². The van der Waals surface area contributed by atoms with E-state index in [0.717, 1.165) is 19.3 Å². The van der Waals surface area contributed by atoms with E-state index >= 15 is 0 Å². The highest BCUT2D eigenvalue weighted by molar-refractivity contribution is 6.42. The molecule has 3 rings (SSSR count). The zero-order valence-corrected chi connectivity index (χ0v) is 11.6. The Labute approximate surface area is 120 Å². The van der Waals surface area contributed by atoms with Crippen molar-refractivity contribution in [3.8, 4) is 0 Å². The lowest BCUT2D eigenvalue weighted by atomic mass is 10.0. The van der Waals surface area contributed by atoms with Crippen molar-refractivity contribution in [2.75, 3.05) is 11.4 Å². The van der Waals surface area contributed by atoms with Gasteiger partial charge in [-0.2, -0.15) is 0 Å². The number of amides is 3. The maximum Gasteiger partial charge on any atom is 0.332 e. The van der Waals surface area contributed by atoms with Gasteiger partial charge in [-0.3, -0.25) is 4.79 Å². The van der Waals surface area contributed by atoms with E-state index in [1.165, 1.54) is 4.90 Å². The molecule has 0 radical (unpaired) electrons. The number of carbonyl (C=O) groups is 2. The van der Waals surface area contributed by atoms with E-state index < -0.39 is 0 Å². The van der Waals surface area contributed by atoms with Gasteiger partial charge in [-0.25, -0.2) is 9.69 Å². The maximum absolute atomic E-state index is 12.3. The Morgan fingerprint density at radius 1 is 1.11 bits per heavy atom. The summed E-state index contributed by atoms with van der Waals surface area (Å²) < 4.78 is 0. The predicted octanol–water partition coefficient (Wildman–Crippen LogP) is 3.31. The molecule has 2 fully saturated rings. The van der Waals surface area contributed by atoms with E-state index in [1.54, 1.807) is 23.1 Å². The number of hydrogen-bond donors (Lipinski definition) is 0. The first kappa shape index (κ1) is 12.8. The molecule has 2 saturated heterocycles. The van der Waals surface area contributed by atoms with Crippen LogP contribution in [0.2, 0.25) is 10.0 Å². The van der Waals surface area contributed by atoms with E-state index in [4.69, 9.17) is 23.2 Å². The minimum atomic E-state index is -0.310. The lowest BCUT2D eigenvalue weighted by Gasteiger charge is -2.25. The molecule has 1 atom stereocenters. The number of nitrogens with zero attached hydrogens (tertiary/aromatic N) is 2. The zero-order valence-electron chi connectivity index (χ0n) is 10.1. The molecule has 2 aliphatic rings. The molecule has 0 N–H and O–H groups in total. The summed E-state index contributed by atoms with van der Waals surface area (Å²) in [5.74, 6) is -0.164. The number of hydrogen-bond acceptors (Lipinski definition) is 2. The smallest absolute Gasteiger partial charge is 0.312 e. The summed E-state index contributed by atoms with van der Waals surface area (Å²) in [4.78, 5) is 27.5. The minimum Gasteiger partial charge on any atom is -0.312 e. The molecular formula is C13H12Cl2N2O2. The lowest BCUT2D eigenvalue weighted by molar-refractivity contribution is -0.120. The van der Waals surface area contributed by atoms with E-state index in [0.29, 0.717) is 22.3 Å². The Morgan fingerprint density at radius 2 is 1.89 bits per heavy atom. The molecule has 0 aromatic heterocycles. The molecule has 0 aliphatic carbocycles. The molecule has 0 unspecified atom stereocenters. The summed E-state index contributed by atoms with van der Waals surface area (Å²) in [6, 6.07) is 4.22. The quantitative estimate of drug-likeness (QED) is 0.746. The van der Waals surface area contributed by atoms with Gasteiger partial charge >= 0.3 is 6.03 Å². The van der Waals surface area contributed by atoms with Crippen molar-refractivity contribution >= 4 is 40.8 Å². The van der Waals surface area contributed by atoms with Crippen LogP contribution >= 0.6 is 23.2 Å². The third-order valence-corrected chi connectivity index (χ3v) is 4.35.